The van der Waals surface area contributed by atoms with Gasteiger partial charge in [0.15, 0.2) is 0 Å². The average Bonchev–Trinajstić information content (AvgIpc) is 1.90. The predicted molar refractivity (Wildman–Crippen MR) is 49.9 cm³/mol. The van der Waals surface area contributed by atoms with E-state index >= 15 is 0 Å². The predicted octanol–water partition coefficient (Wildman–Crippen LogP) is 1.12. The molecule has 0 bridgehead atoms. The lowest BCUT2D eigenvalue weighted by Gasteiger charge is -2.24. The molecule has 2 nitrogen and oxygen atoms in total. The van der Waals surface area contributed by atoms with Crippen LogP contribution in [0.3, 0.4) is 0 Å². The van der Waals surface area contributed by atoms with Gasteiger partial charge in [-0.05, 0) is 14.1 Å². The smallest absolute Gasteiger partial charge is 0.0826 e. The molecule has 0 aliphatic rings. The lowest BCUT2D eigenvalue weighted by molar-refractivity contribution is 0.410. The second-order valence-electron chi connectivity index (χ2n) is 2.39. The van der Waals surface area contributed by atoms with Crippen molar-refractivity contribution in [1.29, 1.82) is 0 Å². The summed E-state index contributed by atoms with van der Waals surface area (Å²) in [6, 6.07) is 0. The molecule has 0 radical (unpaired) electrons. The van der Waals surface area contributed by atoms with Gasteiger partial charge in [0.25, 0.3) is 0 Å². The molecular formula is C7H17N2P. The fourth-order valence-electron chi connectivity index (χ4n) is 0.806. The van der Waals surface area contributed by atoms with Crippen molar-refractivity contribution in [3.05, 3.63) is 0 Å². The molecule has 0 fully saturated rings. The Kier molecular flexibility index (Phi) is 4.88. The highest BCUT2D eigenvalue weighted by Crippen LogP contribution is 1.95. The SMILES string of the molecule is CCN(CC)C(=P)N(C)C. The molecule has 0 saturated heterocycles. The highest BCUT2D eigenvalue weighted by atomic mass is 31.0. The molecule has 0 aromatic rings. The first-order valence-corrected chi connectivity index (χ1v) is 4.14. The number of hydrogen-bond acceptors (Lipinski definition) is 0. The summed E-state index contributed by atoms with van der Waals surface area (Å²) in [5.74, 6) is 0. The van der Waals surface area contributed by atoms with E-state index in [2.05, 4.69) is 32.5 Å². The number of rotatable bonds is 4. The van der Waals surface area contributed by atoms with Crippen LogP contribution in [0.4, 0.5) is 0 Å². The van der Waals surface area contributed by atoms with Crippen LogP contribution in [-0.4, -0.2) is 42.5 Å². The zero-order valence-corrected chi connectivity index (χ0v) is 8.31. The Bertz CT molecular complexity index is 108. The number of hydrogen-bond donors (Lipinski definition) is 0. The minimum Gasteiger partial charge on any atom is -0.268 e. The van der Waals surface area contributed by atoms with Crippen LogP contribution in [-0.2, 0) is 0 Å². The Balaban J connectivity index is 3.89. The molecule has 0 heterocycles. The number of nitrogens with zero attached hydrogens (tertiary/aromatic N) is 2. The molecule has 0 amide bonds. The molecule has 0 atom stereocenters. The van der Waals surface area contributed by atoms with E-state index in [-0.39, 0.29) is 0 Å². The highest BCUT2D eigenvalue weighted by Gasteiger charge is 2.05. The maximum Gasteiger partial charge on any atom is 0.0826 e. The van der Waals surface area contributed by atoms with E-state index in [1.807, 2.05) is 14.1 Å². The quantitative estimate of drug-likeness (QED) is 0.569. The van der Waals surface area contributed by atoms with Crippen molar-refractivity contribution < 1.29 is 0 Å². The topological polar surface area (TPSA) is 6.48 Å². The van der Waals surface area contributed by atoms with Crippen LogP contribution in [0, 0.1) is 0 Å². The molecule has 3 heteroatoms. The van der Waals surface area contributed by atoms with E-state index in [0.717, 1.165) is 18.6 Å². The molecule has 60 valence electrons. The third-order valence-corrected chi connectivity index (χ3v) is 2.25. The van der Waals surface area contributed by atoms with Crippen LogP contribution in [0.15, 0.2) is 0 Å². The van der Waals surface area contributed by atoms with Gasteiger partial charge in [-0.25, -0.2) is 0 Å². The maximum absolute atomic E-state index is 3.55. The van der Waals surface area contributed by atoms with Crippen molar-refractivity contribution in [1.82, 2.24) is 9.80 Å². The summed E-state index contributed by atoms with van der Waals surface area (Å²) >= 11 is 0. The Morgan fingerprint density at radius 1 is 1.20 bits per heavy atom. The fraction of sp³-hybridized carbons (Fsp3) is 0.857. The van der Waals surface area contributed by atoms with Crippen LogP contribution in [0.2, 0.25) is 0 Å². The average molecular weight is 160 g/mol. The summed E-state index contributed by atoms with van der Waals surface area (Å²) in [5.41, 5.74) is 1.14. The van der Waals surface area contributed by atoms with Gasteiger partial charge >= 0.3 is 0 Å². The zero-order valence-electron chi connectivity index (χ0n) is 7.31. The first-order chi connectivity index (χ1) is 4.63. The molecule has 0 aliphatic carbocycles. The van der Waals surface area contributed by atoms with E-state index in [1.165, 1.54) is 0 Å². The normalized spacial score (nSPS) is 11.0. The van der Waals surface area contributed by atoms with E-state index in [4.69, 9.17) is 0 Å². The summed E-state index contributed by atoms with van der Waals surface area (Å²) < 4.78 is 0. The van der Waals surface area contributed by atoms with Gasteiger partial charge in [0, 0.05) is 13.1 Å². The molecule has 10 heavy (non-hydrogen) atoms. The molecule has 0 aromatic carbocycles. The fourth-order valence-corrected chi connectivity index (χ4v) is 1.12. The summed E-state index contributed by atoms with van der Waals surface area (Å²) in [5, 5.41) is 0. The van der Waals surface area contributed by atoms with Gasteiger partial charge in [-0.3, -0.25) is 9.80 Å². The lowest BCUT2D eigenvalue weighted by Crippen LogP contribution is -2.38. The maximum atomic E-state index is 3.55. The Morgan fingerprint density at radius 2 is 1.60 bits per heavy atom. The molecule has 0 spiro atoms. The van der Waals surface area contributed by atoms with Crippen LogP contribution in [0.5, 0.6) is 0 Å². The summed E-state index contributed by atoms with van der Waals surface area (Å²) in [7, 11) is 7.60. The molecule has 0 aliphatic heterocycles. The first kappa shape index (κ1) is 10.1. The Hall–Kier alpha value is 0.0900. The molecule has 0 aromatic heterocycles. The summed E-state index contributed by atoms with van der Waals surface area (Å²) in [6.45, 7) is 6.39. The largest absolute Gasteiger partial charge is 0.268 e. The van der Waals surface area contributed by atoms with Crippen LogP contribution in [0.25, 0.3) is 0 Å². The van der Waals surface area contributed by atoms with E-state index in [9.17, 15) is 0 Å². The van der Waals surface area contributed by atoms with E-state index in [0.29, 0.717) is 0 Å². The zero-order chi connectivity index (χ0) is 8.15. The third kappa shape index (κ3) is 2.78. The van der Waals surface area contributed by atoms with Gasteiger partial charge < -0.3 is 0 Å². The van der Waals surface area contributed by atoms with Crippen molar-refractivity contribution in [2.75, 3.05) is 27.2 Å². The molecule has 0 rings (SSSR count). The van der Waals surface area contributed by atoms with Gasteiger partial charge in [0.05, 0.1) is 5.54 Å². The van der Waals surface area contributed by atoms with Crippen molar-refractivity contribution >= 4 is 14.4 Å². The van der Waals surface area contributed by atoms with Crippen molar-refractivity contribution in [3.8, 4) is 0 Å². The van der Waals surface area contributed by atoms with Crippen LogP contribution in [0.1, 0.15) is 13.8 Å². The minimum absolute atomic E-state index is 1.05. The Morgan fingerprint density at radius 3 is 1.70 bits per heavy atom. The first-order valence-electron chi connectivity index (χ1n) is 3.64. The monoisotopic (exact) mass is 160 g/mol. The standard InChI is InChI=1S/C7H17N2P/c1-5-9(6-2)7(10)8(3)4/h10H,5-6H2,1-4H3. The second kappa shape index (κ2) is 4.84. The highest BCUT2D eigenvalue weighted by molar-refractivity contribution is 7.20. The van der Waals surface area contributed by atoms with Gasteiger partial charge in [0.2, 0.25) is 0 Å². The van der Waals surface area contributed by atoms with E-state index in [1.54, 1.807) is 0 Å². The second-order valence-corrected chi connectivity index (χ2v) is 2.84. The van der Waals surface area contributed by atoms with Gasteiger partial charge in [0.1, 0.15) is 0 Å². The van der Waals surface area contributed by atoms with Crippen molar-refractivity contribution in [2.24, 2.45) is 0 Å². The van der Waals surface area contributed by atoms with Gasteiger partial charge in [-0.1, -0.05) is 22.7 Å². The lowest BCUT2D eigenvalue weighted by atomic mass is 10.5. The molecule has 0 saturated carbocycles. The Labute approximate surface area is 66.0 Å². The molecular weight excluding hydrogens is 143 g/mol. The van der Waals surface area contributed by atoms with Crippen molar-refractivity contribution in [3.63, 3.8) is 0 Å². The van der Waals surface area contributed by atoms with Crippen LogP contribution < -0.4 is 0 Å². The van der Waals surface area contributed by atoms with E-state index < -0.39 is 0 Å². The molecule has 0 unspecified atom stereocenters. The summed E-state index contributed by atoms with van der Waals surface area (Å²) in [4.78, 5) is 4.31. The van der Waals surface area contributed by atoms with Crippen LogP contribution >= 0.6 is 8.86 Å². The third-order valence-electron chi connectivity index (χ3n) is 1.49. The van der Waals surface area contributed by atoms with Gasteiger partial charge in [-0.2, -0.15) is 0 Å². The molecule has 0 N–H and O–H groups in total. The van der Waals surface area contributed by atoms with Crippen molar-refractivity contribution in [2.45, 2.75) is 13.8 Å². The minimum atomic E-state index is 1.05. The van der Waals surface area contributed by atoms with Gasteiger partial charge in [-0.15, -0.1) is 0 Å². The summed E-state index contributed by atoms with van der Waals surface area (Å²) in [6.07, 6.45) is 0.